The van der Waals surface area contributed by atoms with E-state index in [0.29, 0.717) is 29.5 Å². The number of ether oxygens (including phenoxy) is 2. The number of nitro groups is 1. The first-order chi connectivity index (χ1) is 16.4. The number of hydrogen-bond acceptors (Lipinski definition) is 7. The number of aromatic nitrogens is 2. The minimum absolute atomic E-state index is 0.235. The zero-order valence-corrected chi connectivity index (χ0v) is 19.2. The average Bonchev–Trinajstić information content (AvgIpc) is 3.39. The van der Waals surface area contributed by atoms with Crippen LogP contribution in [0.2, 0.25) is 0 Å². The number of hydrogen-bond donors (Lipinski definition) is 1. The van der Waals surface area contributed by atoms with Gasteiger partial charge in [0.15, 0.2) is 5.11 Å². The number of anilines is 1. The maximum Gasteiger partial charge on any atom is 0.389 e. The predicted molar refractivity (Wildman–Crippen MR) is 130 cm³/mol. The number of amides is 1. The summed E-state index contributed by atoms with van der Waals surface area (Å²) in [5.41, 5.74) is 2.42. The molecule has 0 bridgehead atoms. The largest absolute Gasteiger partial charge is 0.496 e. The van der Waals surface area contributed by atoms with E-state index in [9.17, 15) is 14.9 Å². The summed E-state index contributed by atoms with van der Waals surface area (Å²) >= 11 is 5.39. The number of nitrogens with zero attached hydrogens (tertiary/aromatic N) is 4. The summed E-state index contributed by atoms with van der Waals surface area (Å²) in [5, 5.41) is 18.1. The van der Waals surface area contributed by atoms with Crippen molar-refractivity contribution in [3.8, 4) is 11.5 Å². The lowest BCUT2D eigenvalue weighted by atomic mass is 10.1. The van der Waals surface area contributed by atoms with Gasteiger partial charge in [0.25, 0.3) is 5.91 Å². The van der Waals surface area contributed by atoms with Crippen molar-refractivity contribution in [1.82, 2.24) is 15.1 Å². The van der Waals surface area contributed by atoms with Crippen molar-refractivity contribution < 1.29 is 19.2 Å². The van der Waals surface area contributed by atoms with E-state index < -0.39 is 4.92 Å². The lowest BCUT2D eigenvalue weighted by Crippen LogP contribution is -2.30. The lowest BCUT2D eigenvalue weighted by molar-refractivity contribution is -0.389. The van der Waals surface area contributed by atoms with Crippen LogP contribution in [-0.4, -0.2) is 39.4 Å². The standard InChI is InChI=1S/C23H21N5O5S/c1-3-33-18-7-5-17(6-8-18)27-22(29)19(24-23(27)34)13-15-4-9-20(32-2)16(12-15)14-26-11-10-21(25-26)28(30)31/h4-13H,3,14H2,1-2H3,(H,24,34)/b19-13+. The molecule has 0 spiro atoms. The SMILES string of the molecule is CCOc1ccc(N2C(=O)/C(=C\c3ccc(OC)c(Cn4ccc([N+](=O)[O-])n4)c3)NC2=S)cc1. The summed E-state index contributed by atoms with van der Waals surface area (Å²) in [7, 11) is 1.54. The third kappa shape index (κ3) is 4.74. The minimum Gasteiger partial charge on any atom is -0.496 e. The van der Waals surface area contributed by atoms with Crippen LogP contribution in [0.3, 0.4) is 0 Å². The summed E-state index contributed by atoms with van der Waals surface area (Å²) in [6.45, 7) is 2.71. The molecule has 0 saturated carbocycles. The molecule has 0 atom stereocenters. The van der Waals surface area contributed by atoms with Gasteiger partial charge in [-0.2, -0.15) is 4.68 Å². The van der Waals surface area contributed by atoms with Crippen LogP contribution in [0.25, 0.3) is 6.08 Å². The second kappa shape index (κ2) is 9.71. The summed E-state index contributed by atoms with van der Waals surface area (Å²) in [5.74, 6) is 0.786. The second-order valence-electron chi connectivity index (χ2n) is 7.26. The van der Waals surface area contributed by atoms with E-state index in [1.807, 2.05) is 13.0 Å². The Labute approximate surface area is 200 Å². The van der Waals surface area contributed by atoms with Crippen LogP contribution in [0.4, 0.5) is 11.5 Å². The van der Waals surface area contributed by atoms with Gasteiger partial charge in [-0.05, 0) is 72.1 Å². The Bertz CT molecular complexity index is 1290. The van der Waals surface area contributed by atoms with Gasteiger partial charge in [0.05, 0.1) is 43.3 Å². The van der Waals surface area contributed by atoms with Gasteiger partial charge in [-0.15, -0.1) is 0 Å². The van der Waals surface area contributed by atoms with Crippen molar-refractivity contribution in [2.24, 2.45) is 0 Å². The smallest absolute Gasteiger partial charge is 0.389 e. The van der Waals surface area contributed by atoms with Crippen molar-refractivity contribution in [1.29, 1.82) is 0 Å². The van der Waals surface area contributed by atoms with E-state index in [4.69, 9.17) is 21.7 Å². The van der Waals surface area contributed by atoms with Crippen LogP contribution in [-0.2, 0) is 11.3 Å². The number of methoxy groups -OCH3 is 1. The summed E-state index contributed by atoms with van der Waals surface area (Å²) in [4.78, 5) is 24.8. The molecule has 174 valence electrons. The third-order valence-corrected chi connectivity index (χ3v) is 5.33. The van der Waals surface area contributed by atoms with Crippen molar-refractivity contribution in [2.45, 2.75) is 13.5 Å². The number of carbonyl (C=O) groups excluding carboxylic acids is 1. The molecule has 0 radical (unpaired) electrons. The van der Waals surface area contributed by atoms with E-state index in [2.05, 4.69) is 10.4 Å². The van der Waals surface area contributed by atoms with Crippen molar-refractivity contribution in [2.75, 3.05) is 18.6 Å². The first-order valence-electron chi connectivity index (χ1n) is 10.3. The van der Waals surface area contributed by atoms with Gasteiger partial charge in [0, 0.05) is 5.56 Å². The Hall–Kier alpha value is -4.25. The summed E-state index contributed by atoms with van der Waals surface area (Å²) < 4.78 is 12.3. The number of thiocarbonyl (C=S) groups is 1. The van der Waals surface area contributed by atoms with Gasteiger partial charge < -0.3 is 24.9 Å². The third-order valence-electron chi connectivity index (χ3n) is 5.05. The molecule has 10 nitrogen and oxygen atoms in total. The van der Waals surface area contributed by atoms with E-state index in [-0.39, 0.29) is 23.4 Å². The Morgan fingerprint density at radius 2 is 1.97 bits per heavy atom. The maximum absolute atomic E-state index is 13.1. The summed E-state index contributed by atoms with van der Waals surface area (Å²) in [6.07, 6.45) is 3.22. The maximum atomic E-state index is 13.1. The normalized spacial score (nSPS) is 14.4. The highest BCUT2D eigenvalue weighted by molar-refractivity contribution is 7.80. The molecule has 1 N–H and O–H groups in total. The van der Waals surface area contributed by atoms with Gasteiger partial charge >= 0.3 is 5.82 Å². The second-order valence-corrected chi connectivity index (χ2v) is 7.64. The lowest BCUT2D eigenvalue weighted by Gasteiger charge is -2.14. The predicted octanol–water partition coefficient (Wildman–Crippen LogP) is 3.51. The molecular formula is C23H21N5O5S. The zero-order valence-electron chi connectivity index (χ0n) is 18.4. The number of nitrogens with one attached hydrogen (secondary N) is 1. The van der Waals surface area contributed by atoms with Crippen molar-refractivity contribution in [3.05, 3.63) is 81.7 Å². The molecule has 1 aliphatic heterocycles. The van der Waals surface area contributed by atoms with Gasteiger partial charge in [-0.3, -0.25) is 9.69 Å². The molecule has 1 aromatic heterocycles. The van der Waals surface area contributed by atoms with Gasteiger partial charge in [0.1, 0.15) is 17.2 Å². The van der Waals surface area contributed by atoms with E-state index >= 15 is 0 Å². The first-order valence-corrected chi connectivity index (χ1v) is 10.7. The Morgan fingerprint density at radius 3 is 2.62 bits per heavy atom. The topological polar surface area (TPSA) is 112 Å². The fraction of sp³-hybridized carbons (Fsp3) is 0.174. The van der Waals surface area contributed by atoms with Gasteiger partial charge in [-0.25, -0.2) is 0 Å². The highest BCUT2D eigenvalue weighted by atomic mass is 32.1. The van der Waals surface area contributed by atoms with Crippen LogP contribution in [0.5, 0.6) is 11.5 Å². The highest BCUT2D eigenvalue weighted by Gasteiger charge is 2.32. The van der Waals surface area contributed by atoms with E-state index in [1.165, 1.54) is 29.0 Å². The van der Waals surface area contributed by atoms with E-state index in [1.54, 1.807) is 42.5 Å². The molecule has 1 saturated heterocycles. The molecule has 1 amide bonds. The molecular weight excluding hydrogens is 458 g/mol. The van der Waals surface area contributed by atoms with Crippen LogP contribution in [0, 0.1) is 10.1 Å². The average molecular weight is 480 g/mol. The molecule has 1 aliphatic rings. The molecule has 1 fully saturated rings. The molecule has 2 aromatic carbocycles. The zero-order chi connectivity index (χ0) is 24.2. The Kier molecular flexibility index (Phi) is 6.55. The Morgan fingerprint density at radius 1 is 1.21 bits per heavy atom. The van der Waals surface area contributed by atoms with Crippen LogP contribution >= 0.6 is 12.2 Å². The highest BCUT2D eigenvalue weighted by Crippen LogP contribution is 2.27. The number of carbonyl (C=O) groups is 1. The molecule has 0 aliphatic carbocycles. The van der Waals surface area contributed by atoms with Gasteiger partial charge in [0.2, 0.25) is 0 Å². The van der Waals surface area contributed by atoms with Crippen LogP contribution < -0.4 is 19.7 Å². The van der Waals surface area contributed by atoms with Gasteiger partial charge in [-0.1, -0.05) is 6.07 Å². The molecule has 34 heavy (non-hydrogen) atoms. The minimum atomic E-state index is -0.551. The monoisotopic (exact) mass is 479 g/mol. The molecule has 4 rings (SSSR count). The number of benzene rings is 2. The first kappa shape index (κ1) is 22.9. The quantitative estimate of drug-likeness (QED) is 0.226. The molecule has 11 heteroatoms. The fourth-order valence-corrected chi connectivity index (χ4v) is 3.82. The number of rotatable bonds is 8. The summed E-state index contributed by atoms with van der Waals surface area (Å²) in [6, 6.07) is 13.8. The molecule has 3 aromatic rings. The Balaban J connectivity index is 1.58. The fourth-order valence-electron chi connectivity index (χ4n) is 3.52. The van der Waals surface area contributed by atoms with Crippen molar-refractivity contribution in [3.63, 3.8) is 0 Å². The van der Waals surface area contributed by atoms with Crippen LogP contribution in [0.15, 0.2) is 60.4 Å². The molecule has 2 heterocycles. The molecule has 0 unspecified atom stereocenters. The van der Waals surface area contributed by atoms with Crippen LogP contribution in [0.1, 0.15) is 18.1 Å². The van der Waals surface area contributed by atoms with Crippen molar-refractivity contribution >= 4 is 40.8 Å². The van der Waals surface area contributed by atoms with E-state index in [0.717, 1.165) is 11.1 Å².